The zero-order valence-corrected chi connectivity index (χ0v) is 13.8. The Kier molecular flexibility index (Phi) is 5.58. The molecule has 0 radical (unpaired) electrons. The fourth-order valence-electron chi connectivity index (χ4n) is 1.82. The normalized spacial score (nSPS) is 10.2. The first kappa shape index (κ1) is 15.8. The summed E-state index contributed by atoms with van der Waals surface area (Å²) in [6.07, 6.45) is 0.855. The lowest BCUT2D eigenvalue weighted by Gasteiger charge is -2.10. The molecule has 0 unspecified atom stereocenters. The Morgan fingerprint density at radius 2 is 1.81 bits per heavy atom. The number of halogens is 1. The van der Waals surface area contributed by atoms with Gasteiger partial charge in [-0.15, -0.1) is 0 Å². The zero-order chi connectivity index (χ0) is 15.2. The summed E-state index contributed by atoms with van der Waals surface area (Å²) in [4.78, 5) is 10.9. The van der Waals surface area contributed by atoms with Crippen molar-refractivity contribution in [2.45, 2.75) is 13.3 Å². The van der Waals surface area contributed by atoms with Crippen molar-refractivity contribution in [3.05, 3.63) is 51.6 Å². The number of ether oxygens (including phenoxy) is 2. The van der Waals surface area contributed by atoms with Gasteiger partial charge in [-0.1, -0.05) is 6.07 Å². The van der Waals surface area contributed by atoms with Gasteiger partial charge in [0.25, 0.3) is 0 Å². The second-order valence-electron chi connectivity index (χ2n) is 4.47. The van der Waals surface area contributed by atoms with E-state index in [0.29, 0.717) is 18.0 Å². The van der Waals surface area contributed by atoms with Crippen LogP contribution in [0.2, 0.25) is 0 Å². The molecule has 0 aliphatic heterocycles. The highest BCUT2D eigenvalue weighted by Gasteiger charge is 2.05. The molecule has 0 aliphatic rings. The van der Waals surface area contributed by atoms with Crippen LogP contribution in [-0.2, 0) is 11.2 Å². The Morgan fingerprint density at radius 3 is 2.38 bits per heavy atom. The Balaban J connectivity index is 2.09. The Hall–Kier alpha value is -1.60. The summed E-state index contributed by atoms with van der Waals surface area (Å²) in [5.41, 5.74) is 6.75. The van der Waals surface area contributed by atoms with Gasteiger partial charge in [-0.2, -0.15) is 0 Å². The van der Waals surface area contributed by atoms with Crippen LogP contribution in [0.4, 0.5) is 0 Å². The van der Waals surface area contributed by atoms with E-state index in [2.05, 4.69) is 28.7 Å². The van der Waals surface area contributed by atoms with Crippen LogP contribution < -0.4 is 15.2 Å². The molecule has 0 bridgehead atoms. The molecular formula is C16H16INO3. The first-order valence-corrected chi connectivity index (χ1v) is 7.61. The number of hydrogen-bond acceptors (Lipinski definition) is 4. The van der Waals surface area contributed by atoms with Gasteiger partial charge in [0.2, 0.25) is 0 Å². The van der Waals surface area contributed by atoms with Crippen molar-refractivity contribution in [3.8, 4) is 17.2 Å². The Labute approximate surface area is 137 Å². The minimum atomic E-state index is -0.339. The Morgan fingerprint density at radius 1 is 1.14 bits per heavy atom. The van der Waals surface area contributed by atoms with Gasteiger partial charge < -0.3 is 15.2 Å². The first-order valence-electron chi connectivity index (χ1n) is 6.53. The van der Waals surface area contributed by atoms with E-state index in [1.165, 1.54) is 12.5 Å². The van der Waals surface area contributed by atoms with Gasteiger partial charge in [-0.25, -0.2) is 0 Å². The van der Waals surface area contributed by atoms with Crippen LogP contribution in [0.15, 0.2) is 42.5 Å². The molecule has 0 saturated carbocycles. The van der Waals surface area contributed by atoms with Crippen molar-refractivity contribution in [1.82, 2.24) is 0 Å². The predicted molar refractivity (Wildman–Crippen MR) is 89.7 cm³/mol. The molecule has 2 N–H and O–H groups in total. The van der Waals surface area contributed by atoms with E-state index < -0.39 is 0 Å². The van der Waals surface area contributed by atoms with E-state index in [0.717, 1.165) is 15.7 Å². The van der Waals surface area contributed by atoms with Crippen LogP contribution in [-0.4, -0.2) is 12.5 Å². The molecule has 0 heterocycles. The van der Waals surface area contributed by atoms with Crippen LogP contribution >= 0.6 is 22.6 Å². The van der Waals surface area contributed by atoms with Crippen LogP contribution in [0.3, 0.4) is 0 Å². The molecule has 0 aromatic heterocycles. The third-order valence-corrected chi connectivity index (χ3v) is 3.59. The molecule has 0 atom stereocenters. The number of nitrogens with two attached hydrogens (primary N) is 1. The molecule has 21 heavy (non-hydrogen) atoms. The van der Waals surface area contributed by atoms with Gasteiger partial charge in [-0.3, -0.25) is 4.79 Å². The van der Waals surface area contributed by atoms with Crippen molar-refractivity contribution in [3.63, 3.8) is 0 Å². The lowest BCUT2D eigenvalue weighted by molar-refractivity contribution is -0.131. The van der Waals surface area contributed by atoms with Crippen molar-refractivity contribution in [2.75, 3.05) is 6.54 Å². The summed E-state index contributed by atoms with van der Waals surface area (Å²) in [7, 11) is 0. The molecule has 0 amide bonds. The number of carbonyl (C=O) groups is 1. The highest BCUT2D eigenvalue weighted by molar-refractivity contribution is 14.1. The van der Waals surface area contributed by atoms with Gasteiger partial charge in [0, 0.05) is 6.92 Å². The van der Waals surface area contributed by atoms with Gasteiger partial charge in [0.05, 0.1) is 3.57 Å². The maximum Gasteiger partial charge on any atom is 0.308 e. The molecule has 2 rings (SSSR count). The molecule has 5 heteroatoms. The molecule has 2 aromatic carbocycles. The molecule has 0 fully saturated rings. The summed E-state index contributed by atoms with van der Waals surface area (Å²) in [6.45, 7) is 2.00. The average molecular weight is 397 g/mol. The number of rotatable bonds is 5. The molecule has 4 nitrogen and oxygen atoms in total. The predicted octanol–water partition coefficient (Wildman–Crippen LogP) is 3.51. The largest absolute Gasteiger partial charge is 0.456 e. The van der Waals surface area contributed by atoms with Crippen LogP contribution in [0.1, 0.15) is 12.5 Å². The summed E-state index contributed by atoms with van der Waals surface area (Å²) in [6, 6.07) is 12.9. The number of carbonyl (C=O) groups excluding carboxylic acids is 1. The highest BCUT2D eigenvalue weighted by atomic mass is 127. The van der Waals surface area contributed by atoms with Crippen molar-refractivity contribution < 1.29 is 14.3 Å². The van der Waals surface area contributed by atoms with E-state index in [1.54, 1.807) is 24.3 Å². The number of hydrogen-bond donors (Lipinski definition) is 1. The van der Waals surface area contributed by atoms with E-state index in [4.69, 9.17) is 15.2 Å². The topological polar surface area (TPSA) is 61.5 Å². The highest BCUT2D eigenvalue weighted by Crippen LogP contribution is 2.28. The minimum absolute atomic E-state index is 0.339. The first-order chi connectivity index (χ1) is 10.1. The monoisotopic (exact) mass is 397 g/mol. The molecular weight excluding hydrogens is 381 g/mol. The maximum atomic E-state index is 10.9. The van der Waals surface area contributed by atoms with Crippen molar-refractivity contribution >= 4 is 28.6 Å². The van der Waals surface area contributed by atoms with Crippen LogP contribution in [0.25, 0.3) is 0 Å². The summed E-state index contributed by atoms with van der Waals surface area (Å²) >= 11 is 2.24. The number of esters is 1. The van der Waals surface area contributed by atoms with Gasteiger partial charge >= 0.3 is 5.97 Å². The van der Waals surface area contributed by atoms with Crippen LogP contribution in [0.5, 0.6) is 17.2 Å². The molecule has 110 valence electrons. The van der Waals surface area contributed by atoms with Gasteiger partial charge in [0.1, 0.15) is 17.2 Å². The second kappa shape index (κ2) is 7.42. The maximum absolute atomic E-state index is 10.9. The van der Waals surface area contributed by atoms with Crippen molar-refractivity contribution in [2.24, 2.45) is 5.73 Å². The van der Waals surface area contributed by atoms with E-state index in [1.807, 2.05) is 12.1 Å². The zero-order valence-electron chi connectivity index (χ0n) is 11.6. The summed E-state index contributed by atoms with van der Waals surface area (Å²) in [5, 5.41) is 0. The molecule has 0 saturated heterocycles. The molecule has 0 aliphatic carbocycles. The lowest BCUT2D eigenvalue weighted by atomic mass is 10.1. The lowest BCUT2D eigenvalue weighted by Crippen LogP contribution is -2.03. The fraction of sp³-hybridized carbons (Fsp3) is 0.188. The van der Waals surface area contributed by atoms with E-state index in [-0.39, 0.29) is 5.97 Å². The Bertz CT molecular complexity index is 626. The van der Waals surface area contributed by atoms with E-state index >= 15 is 0 Å². The smallest absolute Gasteiger partial charge is 0.308 e. The quantitative estimate of drug-likeness (QED) is 0.477. The van der Waals surface area contributed by atoms with Gasteiger partial charge in [0.15, 0.2) is 0 Å². The summed E-state index contributed by atoms with van der Waals surface area (Å²) in [5.74, 6) is 1.64. The fourth-order valence-corrected chi connectivity index (χ4v) is 2.51. The average Bonchev–Trinajstić information content (AvgIpc) is 2.44. The standard InChI is InChI=1S/C16H16INO3/c1-11(19)20-13-3-5-14(6-4-13)21-16-7-2-12(8-9-18)10-15(16)17/h2-7,10H,8-9,18H2,1H3. The SMILES string of the molecule is CC(=O)Oc1ccc(Oc2ccc(CCN)cc2I)cc1. The van der Waals surface area contributed by atoms with Crippen molar-refractivity contribution in [1.29, 1.82) is 0 Å². The second-order valence-corrected chi connectivity index (χ2v) is 5.63. The third-order valence-electron chi connectivity index (χ3n) is 2.74. The van der Waals surface area contributed by atoms with Gasteiger partial charge in [-0.05, 0) is 77.5 Å². The molecule has 0 spiro atoms. The summed E-state index contributed by atoms with van der Waals surface area (Å²) < 4.78 is 11.8. The van der Waals surface area contributed by atoms with Crippen LogP contribution in [0, 0.1) is 3.57 Å². The third kappa shape index (κ3) is 4.71. The van der Waals surface area contributed by atoms with E-state index in [9.17, 15) is 4.79 Å². The molecule has 2 aromatic rings. The number of benzene rings is 2. The minimum Gasteiger partial charge on any atom is -0.456 e.